The first-order chi connectivity index (χ1) is 16.5. The van der Waals surface area contributed by atoms with Crippen LogP contribution in [0.2, 0.25) is 0 Å². The Morgan fingerprint density at radius 3 is 2.06 bits per heavy atom. The van der Waals surface area contributed by atoms with Crippen molar-refractivity contribution in [2.24, 2.45) is 0 Å². The Bertz CT molecular complexity index is 911. The number of benzene rings is 2. The number of rotatable bonds is 12. The fraction of sp³-hybridized carbons (Fsp3) is 0.481. The van der Waals surface area contributed by atoms with Gasteiger partial charge in [0, 0.05) is 18.3 Å². The van der Waals surface area contributed by atoms with Crippen molar-refractivity contribution in [3.05, 3.63) is 59.7 Å². The van der Waals surface area contributed by atoms with Gasteiger partial charge in [0.25, 0.3) is 0 Å². The Balaban J connectivity index is 1.68. The summed E-state index contributed by atoms with van der Waals surface area (Å²) in [5.74, 6) is 2.54. The minimum absolute atomic E-state index is 0.0252. The van der Waals surface area contributed by atoms with Gasteiger partial charge >= 0.3 is 0 Å². The van der Waals surface area contributed by atoms with E-state index in [0.29, 0.717) is 18.7 Å². The smallest absolute Gasteiger partial charge is 0.243 e. The van der Waals surface area contributed by atoms with Crippen molar-refractivity contribution in [1.82, 2.24) is 10.2 Å². The Hall–Kier alpha value is -2.67. The van der Waals surface area contributed by atoms with E-state index in [4.69, 9.17) is 9.47 Å². The molecular formula is C27H36N2O4S. The number of nitrogens with zero attached hydrogens (tertiary/aromatic N) is 1. The summed E-state index contributed by atoms with van der Waals surface area (Å²) in [7, 11) is 3.28. The number of hydrogen-bond acceptors (Lipinski definition) is 5. The van der Waals surface area contributed by atoms with Gasteiger partial charge in [-0.25, -0.2) is 0 Å². The first-order valence-electron chi connectivity index (χ1n) is 12.0. The lowest BCUT2D eigenvalue weighted by atomic mass is 10.1. The van der Waals surface area contributed by atoms with Gasteiger partial charge in [0.05, 0.1) is 20.0 Å². The highest BCUT2D eigenvalue weighted by Gasteiger charge is 2.30. The molecule has 0 bridgehead atoms. The molecule has 1 aliphatic carbocycles. The summed E-state index contributed by atoms with van der Waals surface area (Å²) < 4.78 is 10.5. The molecule has 7 heteroatoms. The van der Waals surface area contributed by atoms with Gasteiger partial charge in [-0.3, -0.25) is 9.59 Å². The number of methoxy groups -OCH3 is 2. The molecule has 0 aliphatic heterocycles. The van der Waals surface area contributed by atoms with Crippen LogP contribution in [0.3, 0.4) is 0 Å². The molecule has 0 aromatic heterocycles. The summed E-state index contributed by atoms with van der Waals surface area (Å²) in [5.41, 5.74) is 2.10. The minimum atomic E-state index is -0.489. The molecule has 1 aliphatic rings. The number of amides is 2. The van der Waals surface area contributed by atoms with Crippen LogP contribution in [0.25, 0.3) is 0 Å². The van der Waals surface area contributed by atoms with Crippen LogP contribution in [0.5, 0.6) is 11.5 Å². The molecule has 0 radical (unpaired) electrons. The molecular weight excluding hydrogens is 448 g/mol. The molecule has 1 atom stereocenters. The van der Waals surface area contributed by atoms with Gasteiger partial charge in [0.15, 0.2) is 0 Å². The van der Waals surface area contributed by atoms with E-state index in [2.05, 4.69) is 5.32 Å². The molecule has 1 N–H and O–H groups in total. The van der Waals surface area contributed by atoms with Gasteiger partial charge in [-0.15, -0.1) is 11.8 Å². The van der Waals surface area contributed by atoms with Gasteiger partial charge in [-0.05, 0) is 54.7 Å². The average molecular weight is 485 g/mol. The molecule has 0 saturated heterocycles. The number of thioether (sulfide) groups is 1. The van der Waals surface area contributed by atoms with E-state index in [-0.39, 0.29) is 17.9 Å². The van der Waals surface area contributed by atoms with Crippen molar-refractivity contribution in [2.45, 2.75) is 63.4 Å². The Labute approximate surface area is 207 Å². The predicted molar refractivity (Wildman–Crippen MR) is 137 cm³/mol. The quantitative estimate of drug-likeness (QED) is 0.469. The van der Waals surface area contributed by atoms with E-state index >= 15 is 0 Å². The number of carbonyl (C=O) groups is 2. The Morgan fingerprint density at radius 1 is 0.971 bits per heavy atom. The first kappa shape index (κ1) is 25.9. The summed E-state index contributed by atoms with van der Waals surface area (Å²) in [6, 6.07) is 15.3. The number of carbonyl (C=O) groups excluding carboxylic acids is 2. The summed E-state index contributed by atoms with van der Waals surface area (Å²) >= 11 is 1.56. The van der Waals surface area contributed by atoms with Crippen molar-refractivity contribution >= 4 is 23.6 Å². The first-order valence-corrected chi connectivity index (χ1v) is 13.1. The molecule has 184 valence electrons. The van der Waals surface area contributed by atoms with Crippen LogP contribution >= 0.6 is 11.8 Å². The molecule has 2 aromatic rings. The fourth-order valence-corrected chi connectivity index (χ4v) is 5.15. The van der Waals surface area contributed by atoms with E-state index < -0.39 is 6.04 Å². The van der Waals surface area contributed by atoms with Crippen LogP contribution < -0.4 is 14.8 Å². The van der Waals surface area contributed by atoms with Gasteiger partial charge in [0.1, 0.15) is 17.5 Å². The summed E-state index contributed by atoms with van der Waals surface area (Å²) in [4.78, 5) is 28.3. The SMILES string of the molecule is CC[C@@H](C(=O)NC1CCCC1)N(Cc1ccc(OC)cc1)C(=O)CSCc1ccc(OC)cc1. The van der Waals surface area contributed by atoms with Crippen molar-refractivity contribution in [3.8, 4) is 11.5 Å². The molecule has 2 aromatic carbocycles. The zero-order chi connectivity index (χ0) is 24.3. The molecule has 3 rings (SSSR count). The lowest BCUT2D eigenvalue weighted by Gasteiger charge is -2.31. The molecule has 6 nitrogen and oxygen atoms in total. The molecule has 1 saturated carbocycles. The number of nitrogens with one attached hydrogen (secondary N) is 1. The van der Waals surface area contributed by atoms with Gasteiger partial charge in [0.2, 0.25) is 11.8 Å². The van der Waals surface area contributed by atoms with E-state index in [1.807, 2.05) is 55.5 Å². The van der Waals surface area contributed by atoms with E-state index in [9.17, 15) is 9.59 Å². The van der Waals surface area contributed by atoms with Crippen LogP contribution in [0.15, 0.2) is 48.5 Å². The van der Waals surface area contributed by atoms with E-state index in [1.54, 1.807) is 30.9 Å². The third-order valence-electron chi connectivity index (χ3n) is 6.25. The predicted octanol–water partition coefficient (Wildman–Crippen LogP) is 4.80. The summed E-state index contributed by atoms with van der Waals surface area (Å²) in [5, 5.41) is 3.19. The van der Waals surface area contributed by atoms with Crippen molar-refractivity contribution in [2.75, 3.05) is 20.0 Å². The molecule has 34 heavy (non-hydrogen) atoms. The van der Waals surface area contributed by atoms with Gasteiger partial charge < -0.3 is 19.7 Å². The van der Waals surface area contributed by atoms with Crippen molar-refractivity contribution in [1.29, 1.82) is 0 Å². The highest BCUT2D eigenvalue weighted by Crippen LogP contribution is 2.22. The lowest BCUT2D eigenvalue weighted by Crippen LogP contribution is -2.51. The largest absolute Gasteiger partial charge is 0.497 e. The average Bonchev–Trinajstić information content (AvgIpc) is 3.37. The second kappa shape index (κ2) is 13.3. The highest BCUT2D eigenvalue weighted by atomic mass is 32.2. The molecule has 1 fully saturated rings. The maximum absolute atomic E-state index is 13.4. The van der Waals surface area contributed by atoms with E-state index in [1.165, 1.54) is 0 Å². The fourth-order valence-electron chi connectivity index (χ4n) is 4.28. The van der Waals surface area contributed by atoms with Crippen LogP contribution in [0.1, 0.15) is 50.2 Å². The third-order valence-corrected chi connectivity index (χ3v) is 7.24. The number of hydrogen-bond donors (Lipinski definition) is 1. The zero-order valence-corrected chi connectivity index (χ0v) is 21.2. The van der Waals surface area contributed by atoms with Crippen LogP contribution in [0.4, 0.5) is 0 Å². The van der Waals surface area contributed by atoms with Crippen LogP contribution in [-0.2, 0) is 21.9 Å². The number of ether oxygens (including phenoxy) is 2. The van der Waals surface area contributed by atoms with Crippen LogP contribution in [-0.4, -0.2) is 48.8 Å². The van der Waals surface area contributed by atoms with Crippen LogP contribution in [0, 0.1) is 0 Å². The van der Waals surface area contributed by atoms with E-state index in [0.717, 1.165) is 54.1 Å². The molecule has 2 amide bonds. The lowest BCUT2D eigenvalue weighted by molar-refractivity contribution is -0.139. The third kappa shape index (κ3) is 7.42. The highest BCUT2D eigenvalue weighted by molar-refractivity contribution is 7.99. The standard InChI is InChI=1S/C27H36N2O4S/c1-4-25(27(31)28-22-7-5-6-8-22)29(17-20-9-13-23(32-2)14-10-20)26(30)19-34-18-21-11-15-24(33-3)16-12-21/h9-16,22,25H,4-8,17-19H2,1-3H3,(H,28,31)/t25-/m0/s1. The maximum atomic E-state index is 13.4. The monoisotopic (exact) mass is 484 g/mol. The normalized spacial score (nSPS) is 14.4. The summed E-state index contributed by atoms with van der Waals surface area (Å²) in [6.07, 6.45) is 4.92. The topological polar surface area (TPSA) is 67.9 Å². The molecule has 0 spiro atoms. The summed E-state index contributed by atoms with van der Waals surface area (Å²) in [6.45, 7) is 2.36. The Kier molecular flexibility index (Phi) is 10.1. The Morgan fingerprint density at radius 2 is 1.53 bits per heavy atom. The van der Waals surface area contributed by atoms with Crippen molar-refractivity contribution in [3.63, 3.8) is 0 Å². The van der Waals surface area contributed by atoms with Gasteiger partial charge in [-0.1, -0.05) is 44.0 Å². The second-order valence-corrected chi connectivity index (χ2v) is 9.61. The molecule has 0 heterocycles. The van der Waals surface area contributed by atoms with Gasteiger partial charge in [-0.2, -0.15) is 0 Å². The second-order valence-electron chi connectivity index (χ2n) is 8.62. The zero-order valence-electron chi connectivity index (χ0n) is 20.4. The van der Waals surface area contributed by atoms with Crippen molar-refractivity contribution < 1.29 is 19.1 Å². The minimum Gasteiger partial charge on any atom is -0.497 e. The maximum Gasteiger partial charge on any atom is 0.243 e. The molecule has 0 unspecified atom stereocenters.